The van der Waals surface area contributed by atoms with Gasteiger partial charge in [0.05, 0.1) is 5.69 Å². The van der Waals surface area contributed by atoms with Crippen molar-refractivity contribution in [2.45, 2.75) is 14.0 Å². The van der Waals surface area contributed by atoms with Crippen LogP contribution in [0.25, 0.3) is 0 Å². The summed E-state index contributed by atoms with van der Waals surface area (Å²) in [4.78, 5) is 8.27. The normalized spacial score (nSPS) is 8.33. The molecule has 2 N–H and O–H groups in total. The van der Waals surface area contributed by atoms with Gasteiger partial charge in [-0.2, -0.15) is 5.26 Å². The Morgan fingerprint density at radius 1 is 1.58 bits per heavy atom. The molecule has 1 heterocycles. The zero-order valence-corrected chi connectivity index (χ0v) is 5.82. The van der Waals surface area contributed by atoms with E-state index in [0.717, 1.165) is 0 Å². The van der Waals surface area contributed by atoms with Crippen molar-refractivity contribution in [3.63, 3.8) is 0 Å². The second-order valence-corrected chi connectivity index (χ2v) is 1.94. The molecule has 4 heteroatoms. The Morgan fingerprint density at radius 3 is 2.92 bits per heavy atom. The van der Waals surface area contributed by atoms with Crippen molar-refractivity contribution in [3.05, 3.63) is 29.6 Å². The molecule has 0 aliphatic carbocycles. The maximum atomic E-state index is 8.45. The van der Waals surface area contributed by atoms with Crippen LogP contribution < -0.4 is 5.90 Å². The third-order valence-electron chi connectivity index (χ3n) is 1.15. The molecule has 4 nitrogen and oxygen atoms in total. The van der Waals surface area contributed by atoms with E-state index < -0.39 is 0 Å². The molecule has 0 aliphatic heterocycles. The number of nitrogens with zero attached hydrogens (tertiary/aromatic N) is 2. The summed E-state index contributed by atoms with van der Waals surface area (Å²) in [7, 11) is 0. The molecule has 0 amide bonds. The van der Waals surface area contributed by atoms with E-state index in [-0.39, 0.29) is 14.0 Å². The fourth-order valence-electron chi connectivity index (χ4n) is 0.708. The predicted octanol–water partition coefficient (Wildman–Crippen LogP) is 0.980. The van der Waals surface area contributed by atoms with Crippen LogP contribution in [0.15, 0.2) is 18.2 Å². The Labute approximate surface area is 71.6 Å². The first kappa shape index (κ1) is 10.6. The number of pyridine rings is 1. The summed E-state index contributed by atoms with van der Waals surface area (Å²) in [5.74, 6) is 4.83. The zero-order chi connectivity index (χ0) is 8.10. The largest absolute Gasteiger partial charge is 0.298 e. The van der Waals surface area contributed by atoms with Gasteiger partial charge in [0.15, 0.2) is 0 Å². The maximum Gasteiger partial charge on any atom is 0.140 e. The van der Waals surface area contributed by atoms with E-state index >= 15 is 0 Å². The highest BCUT2D eigenvalue weighted by molar-refractivity contribution is 5.21. The quantitative estimate of drug-likeness (QED) is 0.663. The average molecular weight is 165 g/mol. The average Bonchev–Trinajstić information content (AvgIpc) is 2.06. The molecular weight excluding hydrogens is 154 g/mol. The molecule has 0 bridgehead atoms. The van der Waals surface area contributed by atoms with Gasteiger partial charge in [-0.1, -0.05) is 13.5 Å². The van der Waals surface area contributed by atoms with Crippen LogP contribution >= 0.6 is 0 Å². The van der Waals surface area contributed by atoms with Gasteiger partial charge in [0.25, 0.3) is 0 Å². The van der Waals surface area contributed by atoms with Crippen LogP contribution in [0.5, 0.6) is 0 Å². The van der Waals surface area contributed by atoms with E-state index in [1.807, 2.05) is 6.07 Å². The van der Waals surface area contributed by atoms with Gasteiger partial charge in [-0.25, -0.2) is 10.9 Å². The van der Waals surface area contributed by atoms with Crippen molar-refractivity contribution in [2.24, 2.45) is 5.90 Å². The fourth-order valence-corrected chi connectivity index (χ4v) is 0.708. The van der Waals surface area contributed by atoms with Crippen LogP contribution in [-0.4, -0.2) is 4.98 Å². The van der Waals surface area contributed by atoms with Crippen molar-refractivity contribution in [3.8, 4) is 6.07 Å². The number of hydrogen-bond acceptors (Lipinski definition) is 4. The first-order valence-electron chi connectivity index (χ1n) is 3.04. The van der Waals surface area contributed by atoms with E-state index in [4.69, 9.17) is 11.2 Å². The zero-order valence-electron chi connectivity index (χ0n) is 5.82. The Balaban J connectivity index is 0.00000121. The Hall–Kier alpha value is -1.44. The number of rotatable bonds is 2. The molecule has 0 aliphatic rings. The van der Waals surface area contributed by atoms with Crippen LogP contribution in [-0.2, 0) is 11.4 Å². The van der Waals surface area contributed by atoms with Crippen LogP contribution in [0.4, 0.5) is 0 Å². The molecule has 12 heavy (non-hydrogen) atoms. The number of nitriles is 1. The summed E-state index contributed by atoms with van der Waals surface area (Å²) < 4.78 is 0. The molecule has 0 fully saturated rings. The molecule has 64 valence electrons. The highest BCUT2D eigenvalue weighted by Gasteiger charge is 1.94. The second-order valence-electron chi connectivity index (χ2n) is 1.94. The number of hydrogen-bond donors (Lipinski definition) is 1. The molecule has 0 unspecified atom stereocenters. The van der Waals surface area contributed by atoms with Gasteiger partial charge in [0, 0.05) is 0 Å². The standard InChI is InChI=1S/C7H7N3O.CH4/c8-4-6-2-1-3-7(10-6)5-11-9;/h1-3H,5,9H2;1H4. The lowest BCUT2D eigenvalue weighted by molar-refractivity contribution is 0.121. The van der Waals surface area contributed by atoms with Gasteiger partial charge in [-0.3, -0.25) is 4.84 Å². The number of aromatic nitrogens is 1. The van der Waals surface area contributed by atoms with Crippen molar-refractivity contribution < 1.29 is 4.84 Å². The summed E-state index contributed by atoms with van der Waals surface area (Å²) in [6, 6.07) is 7.02. The first-order chi connectivity index (χ1) is 5.36. The van der Waals surface area contributed by atoms with Crippen LogP contribution in [0.2, 0.25) is 0 Å². The first-order valence-corrected chi connectivity index (χ1v) is 3.04. The van der Waals surface area contributed by atoms with Gasteiger partial charge in [0.1, 0.15) is 18.4 Å². The molecule has 1 rings (SSSR count). The fraction of sp³-hybridized carbons (Fsp3) is 0.250. The molecular formula is C8H11N3O. The third-order valence-corrected chi connectivity index (χ3v) is 1.15. The highest BCUT2D eigenvalue weighted by Crippen LogP contribution is 1.98. The Morgan fingerprint density at radius 2 is 2.33 bits per heavy atom. The summed E-state index contributed by atoms with van der Waals surface area (Å²) in [6.07, 6.45) is 0. The van der Waals surface area contributed by atoms with Crippen molar-refractivity contribution >= 4 is 0 Å². The minimum Gasteiger partial charge on any atom is -0.298 e. The van der Waals surface area contributed by atoms with Crippen molar-refractivity contribution in [2.75, 3.05) is 0 Å². The third kappa shape index (κ3) is 2.66. The smallest absolute Gasteiger partial charge is 0.140 e. The van der Waals surface area contributed by atoms with Gasteiger partial charge >= 0.3 is 0 Å². The van der Waals surface area contributed by atoms with Crippen LogP contribution in [0.3, 0.4) is 0 Å². The summed E-state index contributed by atoms with van der Waals surface area (Å²) in [5, 5.41) is 8.45. The van der Waals surface area contributed by atoms with Crippen molar-refractivity contribution in [1.82, 2.24) is 4.98 Å². The molecule has 0 saturated carbocycles. The van der Waals surface area contributed by atoms with Crippen LogP contribution in [0.1, 0.15) is 18.8 Å². The van der Waals surface area contributed by atoms with Gasteiger partial charge < -0.3 is 0 Å². The molecule has 0 aromatic carbocycles. The Bertz CT molecular complexity index is 280. The van der Waals surface area contributed by atoms with E-state index in [9.17, 15) is 0 Å². The molecule has 1 aromatic heterocycles. The highest BCUT2D eigenvalue weighted by atomic mass is 16.6. The van der Waals surface area contributed by atoms with E-state index in [1.54, 1.807) is 18.2 Å². The molecule has 0 atom stereocenters. The minimum absolute atomic E-state index is 0. The summed E-state index contributed by atoms with van der Waals surface area (Å²) in [5.41, 5.74) is 1.03. The molecule has 1 aromatic rings. The topological polar surface area (TPSA) is 71.9 Å². The lowest BCUT2D eigenvalue weighted by atomic mass is 10.3. The predicted molar refractivity (Wildman–Crippen MR) is 44.7 cm³/mol. The molecule has 0 spiro atoms. The summed E-state index contributed by atoms with van der Waals surface area (Å²) in [6.45, 7) is 0.232. The second kappa shape index (κ2) is 5.24. The SMILES string of the molecule is C.N#Cc1cccc(CON)n1. The van der Waals surface area contributed by atoms with Gasteiger partial charge in [0.2, 0.25) is 0 Å². The minimum atomic E-state index is 0. The molecule has 0 radical (unpaired) electrons. The number of nitrogens with two attached hydrogens (primary N) is 1. The van der Waals surface area contributed by atoms with Crippen molar-refractivity contribution in [1.29, 1.82) is 5.26 Å². The van der Waals surface area contributed by atoms with E-state index in [2.05, 4.69) is 9.82 Å². The van der Waals surface area contributed by atoms with E-state index in [0.29, 0.717) is 11.4 Å². The lowest BCUT2D eigenvalue weighted by Gasteiger charge is -1.96. The lowest BCUT2D eigenvalue weighted by Crippen LogP contribution is -2.01. The maximum absolute atomic E-state index is 8.45. The van der Waals surface area contributed by atoms with Gasteiger partial charge in [-0.15, -0.1) is 0 Å². The molecule has 0 saturated heterocycles. The summed E-state index contributed by atoms with van der Waals surface area (Å²) >= 11 is 0. The van der Waals surface area contributed by atoms with Crippen LogP contribution in [0, 0.1) is 11.3 Å². The Kier molecular flexibility index (Phi) is 4.61. The van der Waals surface area contributed by atoms with E-state index in [1.165, 1.54) is 0 Å². The van der Waals surface area contributed by atoms with Gasteiger partial charge in [-0.05, 0) is 12.1 Å². The monoisotopic (exact) mass is 165 g/mol.